The molecule has 140 valence electrons. The highest BCUT2D eigenvalue weighted by molar-refractivity contribution is 9.10. The molecule has 0 atom stereocenters. The smallest absolute Gasteiger partial charge is 0.165 e. The fourth-order valence-electron chi connectivity index (χ4n) is 3.65. The largest absolute Gasteiger partial charge is 0.381 e. The second kappa shape index (κ2) is 7.01. The molecule has 0 saturated carbocycles. The number of fused-ring (bicyclic) bond motifs is 5. The zero-order valence-electron chi connectivity index (χ0n) is 14.5. The fourth-order valence-corrected chi connectivity index (χ4v) is 4.21. The molecule has 27 heavy (non-hydrogen) atoms. The molecule has 1 aromatic carbocycles. The van der Waals surface area contributed by atoms with Crippen LogP contribution in [0.3, 0.4) is 0 Å². The molecule has 1 fully saturated rings. The second-order valence-corrected chi connectivity index (χ2v) is 8.06. The third-order valence-corrected chi connectivity index (χ3v) is 5.87. The summed E-state index contributed by atoms with van der Waals surface area (Å²) in [5.74, 6) is 1.63. The number of nitrogens with zero attached hydrogens (tertiary/aromatic N) is 5. The molecule has 5 rings (SSSR count). The Balaban J connectivity index is 1.51. The first-order valence-electron chi connectivity index (χ1n) is 8.96. The Morgan fingerprint density at radius 1 is 1.30 bits per heavy atom. The second-order valence-electron chi connectivity index (χ2n) is 6.79. The molecule has 7 nitrogen and oxygen atoms in total. The lowest BCUT2D eigenvalue weighted by atomic mass is 10.1. The molecule has 0 spiro atoms. The van der Waals surface area contributed by atoms with Crippen molar-refractivity contribution in [1.29, 1.82) is 0 Å². The number of hydrogen-bond donors (Lipinski definition) is 1. The first kappa shape index (κ1) is 17.4. The number of halogens is 2. The van der Waals surface area contributed by atoms with E-state index in [4.69, 9.17) is 26.4 Å². The molecular formula is C18H18BrClN6O. The maximum atomic E-state index is 6.34. The number of imidazole rings is 1. The summed E-state index contributed by atoms with van der Waals surface area (Å²) in [7, 11) is 0. The van der Waals surface area contributed by atoms with E-state index in [1.54, 1.807) is 6.33 Å². The van der Waals surface area contributed by atoms with Crippen LogP contribution in [0, 0.1) is 0 Å². The van der Waals surface area contributed by atoms with Crippen LogP contribution in [-0.4, -0.2) is 43.6 Å². The van der Waals surface area contributed by atoms with Gasteiger partial charge in [0.2, 0.25) is 0 Å². The van der Waals surface area contributed by atoms with Crippen LogP contribution in [0.15, 0.2) is 29.0 Å². The van der Waals surface area contributed by atoms with Crippen LogP contribution in [0.25, 0.3) is 17.1 Å². The third-order valence-electron chi connectivity index (χ3n) is 5.06. The maximum absolute atomic E-state index is 6.34. The maximum Gasteiger partial charge on any atom is 0.165 e. The van der Waals surface area contributed by atoms with E-state index in [1.807, 2.05) is 21.4 Å². The average Bonchev–Trinajstić information content (AvgIpc) is 3.22. The van der Waals surface area contributed by atoms with Crippen LogP contribution in [0.1, 0.15) is 24.4 Å². The van der Waals surface area contributed by atoms with E-state index in [-0.39, 0.29) is 0 Å². The van der Waals surface area contributed by atoms with Gasteiger partial charge in [-0.1, -0.05) is 27.5 Å². The topological polar surface area (TPSA) is 69.8 Å². The molecule has 0 amide bonds. The highest BCUT2D eigenvalue weighted by Crippen LogP contribution is 2.34. The monoisotopic (exact) mass is 448 g/mol. The predicted octanol–water partition coefficient (Wildman–Crippen LogP) is 3.18. The Labute approximate surface area is 169 Å². The standard InChI is InChI=1S/C18H18BrClN6O/c19-11-1-2-14-13(7-11)18-23-16(8-21-12-3-5-27-6-4-12)24-26(18)9-15-17(20)22-10-25(14)15/h1-2,7,10,12,21H,3-6,8-9H2. The number of ether oxygens (including phenoxy) is 1. The van der Waals surface area contributed by atoms with Crippen molar-refractivity contribution in [3.05, 3.63) is 45.7 Å². The Bertz CT molecular complexity index is 994. The summed E-state index contributed by atoms with van der Waals surface area (Å²) in [6, 6.07) is 6.58. The van der Waals surface area contributed by atoms with Crippen LogP contribution in [0.5, 0.6) is 0 Å². The minimum atomic E-state index is 0.458. The molecule has 4 heterocycles. The van der Waals surface area contributed by atoms with Gasteiger partial charge in [0.15, 0.2) is 16.8 Å². The summed E-state index contributed by atoms with van der Waals surface area (Å²) in [5.41, 5.74) is 2.91. The summed E-state index contributed by atoms with van der Waals surface area (Å²) in [5, 5.41) is 8.79. The van der Waals surface area contributed by atoms with Gasteiger partial charge >= 0.3 is 0 Å². The van der Waals surface area contributed by atoms with E-state index in [2.05, 4.69) is 32.3 Å². The molecule has 3 aromatic rings. The summed E-state index contributed by atoms with van der Waals surface area (Å²) in [6.07, 6.45) is 3.81. The summed E-state index contributed by atoms with van der Waals surface area (Å²) >= 11 is 9.91. The molecule has 2 aromatic heterocycles. The Kier molecular flexibility index (Phi) is 4.51. The van der Waals surface area contributed by atoms with Gasteiger partial charge in [-0.25, -0.2) is 14.6 Å². The van der Waals surface area contributed by atoms with Gasteiger partial charge in [0, 0.05) is 29.3 Å². The zero-order valence-corrected chi connectivity index (χ0v) is 16.9. The molecule has 2 aliphatic rings. The van der Waals surface area contributed by atoms with Gasteiger partial charge in [0.05, 0.1) is 24.5 Å². The molecule has 0 bridgehead atoms. The van der Waals surface area contributed by atoms with Crippen molar-refractivity contribution >= 4 is 27.5 Å². The van der Waals surface area contributed by atoms with Gasteiger partial charge in [-0.2, -0.15) is 5.10 Å². The van der Waals surface area contributed by atoms with Gasteiger partial charge in [-0.05, 0) is 31.0 Å². The van der Waals surface area contributed by atoms with Gasteiger partial charge in [-0.15, -0.1) is 0 Å². The SMILES string of the molecule is Clc1ncn2c1Cn1nc(CNC3CCOCC3)nc1-c1cc(Br)ccc1-2. The lowest BCUT2D eigenvalue weighted by Crippen LogP contribution is -2.34. The molecule has 1 saturated heterocycles. The minimum Gasteiger partial charge on any atom is -0.381 e. The van der Waals surface area contributed by atoms with Gasteiger partial charge in [-0.3, -0.25) is 4.57 Å². The first-order valence-corrected chi connectivity index (χ1v) is 10.1. The Morgan fingerprint density at radius 3 is 3.00 bits per heavy atom. The summed E-state index contributed by atoms with van der Waals surface area (Å²) in [4.78, 5) is 9.10. The van der Waals surface area contributed by atoms with Gasteiger partial charge < -0.3 is 10.1 Å². The number of aromatic nitrogens is 5. The number of benzene rings is 1. The normalized spacial score (nSPS) is 16.5. The minimum absolute atomic E-state index is 0.458. The Hall–Kier alpha value is -1.74. The van der Waals surface area contributed by atoms with Crippen molar-refractivity contribution in [2.75, 3.05) is 13.2 Å². The van der Waals surface area contributed by atoms with E-state index in [0.29, 0.717) is 24.3 Å². The highest BCUT2D eigenvalue weighted by Gasteiger charge is 2.25. The Morgan fingerprint density at radius 2 is 2.15 bits per heavy atom. The zero-order chi connectivity index (χ0) is 18.4. The molecule has 1 N–H and O–H groups in total. The average molecular weight is 450 g/mol. The first-order chi connectivity index (χ1) is 13.2. The molecular weight excluding hydrogens is 432 g/mol. The van der Waals surface area contributed by atoms with E-state index in [1.165, 1.54) is 0 Å². The summed E-state index contributed by atoms with van der Waals surface area (Å²) < 4.78 is 10.3. The molecule has 9 heteroatoms. The van der Waals surface area contributed by atoms with Crippen molar-refractivity contribution in [2.45, 2.75) is 32.0 Å². The van der Waals surface area contributed by atoms with E-state index in [0.717, 1.165) is 59.1 Å². The number of rotatable bonds is 3. The van der Waals surface area contributed by atoms with Crippen molar-refractivity contribution in [3.63, 3.8) is 0 Å². The van der Waals surface area contributed by atoms with Crippen molar-refractivity contribution in [1.82, 2.24) is 29.6 Å². The van der Waals surface area contributed by atoms with Crippen LogP contribution < -0.4 is 5.32 Å². The van der Waals surface area contributed by atoms with E-state index in [9.17, 15) is 0 Å². The van der Waals surface area contributed by atoms with E-state index >= 15 is 0 Å². The quantitative estimate of drug-likeness (QED) is 0.520. The summed E-state index contributed by atoms with van der Waals surface area (Å²) in [6.45, 7) is 2.80. The van der Waals surface area contributed by atoms with E-state index < -0.39 is 0 Å². The third kappa shape index (κ3) is 3.20. The number of nitrogens with one attached hydrogen (secondary N) is 1. The molecule has 0 aliphatic carbocycles. The van der Waals surface area contributed by atoms with Crippen LogP contribution in [-0.2, 0) is 17.8 Å². The van der Waals surface area contributed by atoms with Gasteiger partial charge in [0.25, 0.3) is 0 Å². The van der Waals surface area contributed by atoms with Crippen molar-refractivity contribution in [2.24, 2.45) is 0 Å². The van der Waals surface area contributed by atoms with Gasteiger partial charge in [0.1, 0.15) is 6.33 Å². The highest BCUT2D eigenvalue weighted by atomic mass is 79.9. The molecule has 0 radical (unpaired) electrons. The van der Waals surface area contributed by atoms with Crippen molar-refractivity contribution < 1.29 is 4.74 Å². The number of hydrogen-bond acceptors (Lipinski definition) is 5. The lowest BCUT2D eigenvalue weighted by molar-refractivity contribution is 0.0774. The molecule has 0 unspecified atom stereocenters. The van der Waals surface area contributed by atoms with Crippen molar-refractivity contribution in [3.8, 4) is 17.1 Å². The van der Waals surface area contributed by atoms with Crippen LogP contribution >= 0.6 is 27.5 Å². The molecule has 2 aliphatic heterocycles. The van der Waals surface area contributed by atoms with Crippen LogP contribution in [0.2, 0.25) is 5.15 Å². The lowest BCUT2D eigenvalue weighted by Gasteiger charge is -2.22. The fraction of sp³-hybridized carbons (Fsp3) is 0.389. The predicted molar refractivity (Wildman–Crippen MR) is 105 cm³/mol. The van der Waals surface area contributed by atoms with Crippen LogP contribution in [0.4, 0.5) is 0 Å².